The number of rotatable bonds is 3. The van der Waals surface area contributed by atoms with Crippen molar-refractivity contribution >= 4 is 17.5 Å². The quantitative estimate of drug-likeness (QED) is 0.773. The predicted octanol–water partition coefficient (Wildman–Crippen LogP) is 2.35. The largest absolute Gasteiger partial charge is 0.340 e. The Kier molecular flexibility index (Phi) is 2.74. The van der Waals surface area contributed by atoms with Gasteiger partial charge in [-0.1, -0.05) is 6.92 Å². The lowest BCUT2D eigenvalue weighted by Gasteiger charge is -2.20. The first kappa shape index (κ1) is 11.3. The van der Waals surface area contributed by atoms with Gasteiger partial charge in [-0.3, -0.25) is 0 Å². The molecule has 0 bridgehead atoms. The molecule has 2 aliphatic rings. The summed E-state index contributed by atoms with van der Waals surface area (Å²) in [6, 6.07) is 0. The van der Waals surface area contributed by atoms with Gasteiger partial charge in [0.15, 0.2) is 0 Å². The SMILES string of the molecule is CCc1cnc(N2CC3C(C(C)Cl)[C@H]3C2)nc1. The Morgan fingerprint density at radius 3 is 2.41 bits per heavy atom. The number of alkyl halides is 1. The van der Waals surface area contributed by atoms with Gasteiger partial charge in [-0.25, -0.2) is 9.97 Å². The molecule has 1 aromatic rings. The van der Waals surface area contributed by atoms with Crippen LogP contribution >= 0.6 is 11.6 Å². The summed E-state index contributed by atoms with van der Waals surface area (Å²) in [5.41, 5.74) is 1.20. The number of halogens is 1. The molecular formula is C13H18ClN3. The van der Waals surface area contributed by atoms with Crippen molar-refractivity contribution in [3.63, 3.8) is 0 Å². The van der Waals surface area contributed by atoms with Crippen molar-refractivity contribution in [3.8, 4) is 0 Å². The Labute approximate surface area is 107 Å². The predicted molar refractivity (Wildman–Crippen MR) is 69.4 cm³/mol. The molecule has 0 N–H and O–H groups in total. The van der Waals surface area contributed by atoms with Crippen LogP contribution in [0.5, 0.6) is 0 Å². The summed E-state index contributed by atoms with van der Waals surface area (Å²) in [6.45, 7) is 6.40. The van der Waals surface area contributed by atoms with Gasteiger partial charge in [0.2, 0.25) is 5.95 Å². The molecule has 0 radical (unpaired) electrons. The molecule has 2 heterocycles. The highest BCUT2D eigenvalue weighted by molar-refractivity contribution is 6.20. The topological polar surface area (TPSA) is 29.0 Å². The van der Waals surface area contributed by atoms with Crippen molar-refractivity contribution in [2.45, 2.75) is 25.6 Å². The van der Waals surface area contributed by atoms with Crippen molar-refractivity contribution in [1.82, 2.24) is 9.97 Å². The second kappa shape index (κ2) is 4.13. The Morgan fingerprint density at radius 1 is 1.35 bits per heavy atom. The van der Waals surface area contributed by atoms with Gasteiger partial charge in [-0.2, -0.15) is 0 Å². The third kappa shape index (κ3) is 1.90. The van der Waals surface area contributed by atoms with E-state index in [4.69, 9.17) is 11.6 Å². The van der Waals surface area contributed by atoms with Crippen molar-refractivity contribution in [3.05, 3.63) is 18.0 Å². The first-order valence-electron chi connectivity index (χ1n) is 6.40. The molecule has 4 atom stereocenters. The van der Waals surface area contributed by atoms with Crippen molar-refractivity contribution in [2.75, 3.05) is 18.0 Å². The lowest BCUT2D eigenvalue weighted by atomic mass is 10.2. The Hall–Kier alpha value is -0.830. The van der Waals surface area contributed by atoms with E-state index in [1.807, 2.05) is 12.4 Å². The fraction of sp³-hybridized carbons (Fsp3) is 0.692. The van der Waals surface area contributed by atoms with Crippen LogP contribution in [0, 0.1) is 17.8 Å². The number of hydrogen-bond donors (Lipinski definition) is 0. The minimum absolute atomic E-state index is 0.315. The van der Waals surface area contributed by atoms with Gasteiger partial charge in [0.25, 0.3) is 0 Å². The summed E-state index contributed by atoms with van der Waals surface area (Å²) < 4.78 is 0. The van der Waals surface area contributed by atoms with E-state index in [-0.39, 0.29) is 0 Å². The van der Waals surface area contributed by atoms with E-state index in [2.05, 4.69) is 28.7 Å². The van der Waals surface area contributed by atoms with Crippen LogP contribution in [0.1, 0.15) is 19.4 Å². The standard InChI is InChI=1S/C13H18ClN3/c1-3-9-4-15-13(16-5-9)17-6-10-11(7-17)12(10)8(2)14/h4-5,8,10-12H,3,6-7H2,1-2H3/t8?,10-,11?,12?/m0/s1. The van der Waals surface area contributed by atoms with Gasteiger partial charge >= 0.3 is 0 Å². The zero-order valence-electron chi connectivity index (χ0n) is 10.3. The summed E-state index contributed by atoms with van der Waals surface area (Å²) in [4.78, 5) is 11.2. The number of aryl methyl sites for hydroxylation is 1. The van der Waals surface area contributed by atoms with Gasteiger partial charge < -0.3 is 4.90 Å². The molecule has 1 aromatic heterocycles. The van der Waals surface area contributed by atoms with Crippen LogP contribution in [0.3, 0.4) is 0 Å². The van der Waals surface area contributed by atoms with Crippen LogP contribution in [-0.2, 0) is 6.42 Å². The molecule has 0 aromatic carbocycles. The highest BCUT2D eigenvalue weighted by atomic mass is 35.5. The fourth-order valence-corrected chi connectivity index (χ4v) is 3.48. The summed E-state index contributed by atoms with van der Waals surface area (Å²) in [6.07, 6.45) is 4.87. The number of hydrogen-bond acceptors (Lipinski definition) is 3. The molecule has 1 aliphatic carbocycles. The van der Waals surface area contributed by atoms with E-state index in [1.165, 1.54) is 5.56 Å². The second-order valence-electron chi connectivity index (χ2n) is 5.23. The van der Waals surface area contributed by atoms with Crippen molar-refractivity contribution in [2.24, 2.45) is 17.8 Å². The molecule has 1 saturated carbocycles. The first-order chi connectivity index (χ1) is 8.20. The molecule has 1 aliphatic heterocycles. The molecule has 4 heteroatoms. The number of nitrogens with zero attached hydrogens (tertiary/aromatic N) is 3. The second-order valence-corrected chi connectivity index (χ2v) is 5.92. The molecular weight excluding hydrogens is 234 g/mol. The van der Waals surface area contributed by atoms with E-state index in [0.29, 0.717) is 5.38 Å². The van der Waals surface area contributed by atoms with Gasteiger partial charge in [0, 0.05) is 30.9 Å². The molecule has 92 valence electrons. The maximum absolute atomic E-state index is 6.16. The summed E-state index contributed by atoms with van der Waals surface area (Å²) >= 11 is 6.16. The van der Waals surface area contributed by atoms with Gasteiger partial charge in [-0.05, 0) is 36.7 Å². The van der Waals surface area contributed by atoms with Crippen molar-refractivity contribution < 1.29 is 0 Å². The van der Waals surface area contributed by atoms with Crippen molar-refractivity contribution in [1.29, 1.82) is 0 Å². The lowest BCUT2D eigenvalue weighted by Crippen LogP contribution is -2.27. The van der Waals surface area contributed by atoms with Crippen LogP contribution in [-0.4, -0.2) is 28.4 Å². The molecule has 0 spiro atoms. The van der Waals surface area contributed by atoms with Crippen LogP contribution in [0.25, 0.3) is 0 Å². The molecule has 1 saturated heterocycles. The van der Waals surface area contributed by atoms with Crippen LogP contribution in [0.2, 0.25) is 0 Å². The molecule has 3 nitrogen and oxygen atoms in total. The number of piperidine rings is 1. The van der Waals surface area contributed by atoms with E-state index in [0.717, 1.165) is 43.2 Å². The first-order valence-corrected chi connectivity index (χ1v) is 6.84. The zero-order valence-corrected chi connectivity index (χ0v) is 11.1. The molecule has 2 fully saturated rings. The number of fused-ring (bicyclic) bond motifs is 1. The van der Waals surface area contributed by atoms with Crippen LogP contribution in [0.15, 0.2) is 12.4 Å². The third-order valence-corrected chi connectivity index (χ3v) is 4.46. The third-order valence-electron chi connectivity index (χ3n) is 4.17. The Bertz CT molecular complexity index is 392. The van der Waals surface area contributed by atoms with E-state index >= 15 is 0 Å². The molecule has 3 unspecified atom stereocenters. The minimum Gasteiger partial charge on any atom is -0.340 e. The Morgan fingerprint density at radius 2 is 1.94 bits per heavy atom. The molecule has 0 amide bonds. The number of anilines is 1. The average Bonchev–Trinajstić information content (AvgIpc) is 2.86. The summed E-state index contributed by atoms with van der Waals surface area (Å²) in [7, 11) is 0. The lowest BCUT2D eigenvalue weighted by molar-refractivity contribution is 0.620. The van der Waals surface area contributed by atoms with E-state index in [1.54, 1.807) is 0 Å². The van der Waals surface area contributed by atoms with Crippen LogP contribution < -0.4 is 4.90 Å². The molecule has 3 rings (SSSR count). The van der Waals surface area contributed by atoms with Gasteiger partial charge in [0.05, 0.1) is 0 Å². The normalized spacial score (nSPS) is 32.4. The number of aromatic nitrogens is 2. The van der Waals surface area contributed by atoms with Gasteiger partial charge in [-0.15, -0.1) is 11.6 Å². The van der Waals surface area contributed by atoms with E-state index in [9.17, 15) is 0 Å². The average molecular weight is 252 g/mol. The summed E-state index contributed by atoms with van der Waals surface area (Å²) in [5.74, 6) is 3.16. The van der Waals surface area contributed by atoms with Crippen LogP contribution in [0.4, 0.5) is 5.95 Å². The smallest absolute Gasteiger partial charge is 0.225 e. The Balaban J connectivity index is 1.65. The fourth-order valence-electron chi connectivity index (χ4n) is 3.11. The van der Waals surface area contributed by atoms with Gasteiger partial charge in [0.1, 0.15) is 0 Å². The monoisotopic (exact) mass is 251 g/mol. The molecule has 17 heavy (non-hydrogen) atoms. The maximum atomic E-state index is 6.16. The highest BCUT2D eigenvalue weighted by Crippen LogP contribution is 2.55. The minimum atomic E-state index is 0.315. The maximum Gasteiger partial charge on any atom is 0.225 e. The van der Waals surface area contributed by atoms with E-state index < -0.39 is 0 Å². The summed E-state index contributed by atoms with van der Waals surface area (Å²) in [5, 5.41) is 0.315. The highest BCUT2D eigenvalue weighted by Gasteiger charge is 2.57. The zero-order chi connectivity index (χ0) is 12.0.